The highest BCUT2D eigenvalue weighted by Crippen LogP contribution is 2.00. The summed E-state index contributed by atoms with van der Waals surface area (Å²) >= 11 is 0. The van der Waals surface area contributed by atoms with Crippen LogP contribution >= 0.6 is 0 Å². The maximum Gasteiger partial charge on any atom is 0.0417 e. The summed E-state index contributed by atoms with van der Waals surface area (Å²) in [4.78, 5) is 10.1. The molecule has 0 aromatic heterocycles. The summed E-state index contributed by atoms with van der Waals surface area (Å²) in [6.45, 7) is 0. The molecule has 0 bridgehead atoms. The topological polar surface area (TPSA) is 76.6 Å². The molecule has 66 valence electrons. The summed E-state index contributed by atoms with van der Waals surface area (Å²) in [7, 11) is 0. The Bertz CT molecular complexity index is 234. The lowest BCUT2D eigenvalue weighted by molar-refractivity contribution is -0.305. The van der Waals surface area contributed by atoms with Gasteiger partial charge in [-0.1, -0.05) is 30.3 Å². The maximum atomic E-state index is 10.1. The van der Waals surface area contributed by atoms with Crippen LogP contribution in [0, 0.1) is 0 Å². The van der Waals surface area contributed by atoms with Crippen LogP contribution in [0.25, 0.3) is 0 Å². The molecule has 3 heteroatoms. The van der Waals surface area contributed by atoms with E-state index in [0.717, 1.165) is 5.56 Å². The minimum absolute atomic E-state index is 0. The van der Waals surface area contributed by atoms with Crippen LogP contribution in [0.5, 0.6) is 0 Å². The van der Waals surface area contributed by atoms with Crippen molar-refractivity contribution in [2.24, 2.45) is 0 Å². The first kappa shape index (κ1) is 10.7. The smallest absolute Gasteiger partial charge is 0.0417 e. The Labute approximate surface area is 71.6 Å². The predicted octanol–water partition coefficient (Wildman–Crippen LogP) is 0.745. The minimum Gasteiger partial charge on any atom is -0.550 e. The highest BCUT2D eigenvalue weighted by Gasteiger charge is 1.90. The molecular weight excluding hydrogens is 154 g/mol. The molecule has 0 unspecified atom stereocenters. The van der Waals surface area contributed by atoms with E-state index in [9.17, 15) is 9.90 Å². The number of hydrogen-bond acceptors (Lipinski definition) is 2. The number of quaternary nitrogens is 1. The van der Waals surface area contributed by atoms with Gasteiger partial charge in [0.25, 0.3) is 0 Å². The van der Waals surface area contributed by atoms with Gasteiger partial charge < -0.3 is 16.1 Å². The van der Waals surface area contributed by atoms with Gasteiger partial charge in [-0.2, -0.15) is 0 Å². The zero-order valence-electron chi connectivity index (χ0n) is 7.12. The normalized spacial score (nSPS) is 8.67. The number of carboxylic acids is 1. The van der Waals surface area contributed by atoms with Gasteiger partial charge in [-0.3, -0.25) is 0 Å². The highest BCUT2D eigenvalue weighted by atomic mass is 16.4. The number of aryl methyl sites for hydroxylation is 1. The second-order valence-electron chi connectivity index (χ2n) is 2.36. The SMILES string of the molecule is O=C([O-])CCc1ccccc1.[NH4+]. The molecule has 3 nitrogen and oxygen atoms in total. The average molecular weight is 167 g/mol. The number of hydrogen-bond donors (Lipinski definition) is 1. The fourth-order valence-electron chi connectivity index (χ4n) is 0.891. The number of aliphatic carboxylic acids is 1. The first-order valence-corrected chi connectivity index (χ1v) is 3.53. The summed E-state index contributed by atoms with van der Waals surface area (Å²) in [6, 6.07) is 9.50. The monoisotopic (exact) mass is 167 g/mol. The van der Waals surface area contributed by atoms with E-state index in [0.29, 0.717) is 6.42 Å². The van der Waals surface area contributed by atoms with Crippen LogP contribution in [-0.2, 0) is 11.2 Å². The number of benzene rings is 1. The molecule has 0 saturated heterocycles. The van der Waals surface area contributed by atoms with E-state index in [2.05, 4.69) is 0 Å². The molecule has 0 saturated carbocycles. The lowest BCUT2D eigenvalue weighted by Crippen LogP contribution is -2.22. The fraction of sp³-hybridized carbons (Fsp3) is 0.222. The van der Waals surface area contributed by atoms with E-state index in [1.54, 1.807) is 0 Å². The van der Waals surface area contributed by atoms with Crippen LogP contribution in [0.1, 0.15) is 12.0 Å². The molecule has 1 aromatic carbocycles. The summed E-state index contributed by atoms with van der Waals surface area (Å²) in [5, 5.41) is 10.1. The van der Waals surface area contributed by atoms with Crippen LogP contribution in [0.2, 0.25) is 0 Å². The average Bonchev–Trinajstić information content (AvgIpc) is 2.03. The lowest BCUT2D eigenvalue weighted by Gasteiger charge is -2.00. The second kappa shape index (κ2) is 5.32. The van der Waals surface area contributed by atoms with Crippen LogP contribution in [0.3, 0.4) is 0 Å². The van der Waals surface area contributed by atoms with E-state index in [1.165, 1.54) is 0 Å². The number of carbonyl (C=O) groups is 1. The quantitative estimate of drug-likeness (QED) is 0.720. The van der Waals surface area contributed by atoms with Crippen molar-refractivity contribution >= 4 is 5.97 Å². The van der Waals surface area contributed by atoms with E-state index in [4.69, 9.17) is 0 Å². The van der Waals surface area contributed by atoms with Gasteiger partial charge in [0.2, 0.25) is 0 Å². The minimum atomic E-state index is -0.992. The molecule has 0 spiro atoms. The number of carbonyl (C=O) groups excluding carboxylic acids is 1. The Balaban J connectivity index is 0.00000121. The summed E-state index contributed by atoms with van der Waals surface area (Å²) in [5.74, 6) is -0.992. The molecular formula is C9H13NO2. The Hall–Kier alpha value is -1.35. The maximum absolute atomic E-state index is 10.1. The van der Waals surface area contributed by atoms with Crippen molar-refractivity contribution < 1.29 is 9.90 Å². The third-order valence-corrected chi connectivity index (χ3v) is 1.46. The van der Waals surface area contributed by atoms with E-state index in [1.807, 2.05) is 30.3 Å². The molecule has 4 N–H and O–H groups in total. The van der Waals surface area contributed by atoms with Crippen molar-refractivity contribution in [3.05, 3.63) is 35.9 Å². The number of rotatable bonds is 3. The van der Waals surface area contributed by atoms with Gasteiger partial charge in [-0.05, 0) is 18.4 Å². The molecule has 0 aliphatic rings. The zero-order chi connectivity index (χ0) is 8.10. The third kappa shape index (κ3) is 3.73. The third-order valence-electron chi connectivity index (χ3n) is 1.46. The Morgan fingerprint density at radius 1 is 1.25 bits per heavy atom. The summed E-state index contributed by atoms with van der Waals surface area (Å²) in [6.07, 6.45) is 0.660. The predicted molar refractivity (Wildman–Crippen MR) is 45.8 cm³/mol. The Morgan fingerprint density at radius 2 is 1.83 bits per heavy atom. The molecule has 0 radical (unpaired) electrons. The van der Waals surface area contributed by atoms with Gasteiger partial charge in [0.1, 0.15) is 0 Å². The second-order valence-corrected chi connectivity index (χ2v) is 2.36. The lowest BCUT2D eigenvalue weighted by atomic mass is 10.1. The Morgan fingerprint density at radius 3 is 2.33 bits per heavy atom. The molecule has 0 heterocycles. The Kier molecular flexibility index (Phi) is 4.72. The van der Waals surface area contributed by atoms with Crippen molar-refractivity contribution in [2.45, 2.75) is 12.8 Å². The molecule has 0 aliphatic heterocycles. The van der Waals surface area contributed by atoms with Crippen LogP contribution in [0.4, 0.5) is 0 Å². The van der Waals surface area contributed by atoms with Gasteiger partial charge in [-0.25, -0.2) is 0 Å². The molecule has 0 fully saturated rings. The van der Waals surface area contributed by atoms with Crippen LogP contribution < -0.4 is 11.3 Å². The van der Waals surface area contributed by atoms with Crippen molar-refractivity contribution in [2.75, 3.05) is 0 Å². The van der Waals surface area contributed by atoms with Crippen molar-refractivity contribution in [1.29, 1.82) is 0 Å². The van der Waals surface area contributed by atoms with Gasteiger partial charge in [0, 0.05) is 5.97 Å². The molecule has 0 atom stereocenters. The van der Waals surface area contributed by atoms with E-state index in [-0.39, 0.29) is 12.6 Å². The first-order valence-electron chi connectivity index (χ1n) is 3.53. The van der Waals surface area contributed by atoms with Gasteiger partial charge in [0.15, 0.2) is 0 Å². The van der Waals surface area contributed by atoms with Gasteiger partial charge in [0.05, 0.1) is 0 Å². The van der Waals surface area contributed by atoms with E-state index >= 15 is 0 Å². The van der Waals surface area contributed by atoms with Crippen molar-refractivity contribution in [3.8, 4) is 0 Å². The first-order chi connectivity index (χ1) is 5.29. The van der Waals surface area contributed by atoms with Gasteiger partial charge in [-0.15, -0.1) is 0 Å². The van der Waals surface area contributed by atoms with Crippen LogP contribution in [0.15, 0.2) is 30.3 Å². The molecule has 0 amide bonds. The van der Waals surface area contributed by atoms with Gasteiger partial charge >= 0.3 is 0 Å². The molecule has 0 aliphatic carbocycles. The van der Waals surface area contributed by atoms with Crippen molar-refractivity contribution in [3.63, 3.8) is 0 Å². The largest absolute Gasteiger partial charge is 0.550 e. The van der Waals surface area contributed by atoms with Crippen LogP contribution in [-0.4, -0.2) is 5.97 Å². The zero-order valence-corrected chi connectivity index (χ0v) is 7.12. The van der Waals surface area contributed by atoms with Crippen molar-refractivity contribution in [1.82, 2.24) is 6.15 Å². The highest BCUT2D eigenvalue weighted by molar-refractivity contribution is 5.64. The fourth-order valence-corrected chi connectivity index (χ4v) is 0.891. The molecule has 12 heavy (non-hydrogen) atoms. The number of carboxylic acid groups (broad SMARTS) is 1. The summed E-state index contributed by atoms with van der Waals surface area (Å²) in [5.41, 5.74) is 1.04. The molecule has 1 aromatic rings. The van der Waals surface area contributed by atoms with E-state index < -0.39 is 5.97 Å². The summed E-state index contributed by atoms with van der Waals surface area (Å²) < 4.78 is 0. The standard InChI is InChI=1S/C9H10O2.H3N/c10-9(11)7-6-8-4-2-1-3-5-8;/h1-5H,6-7H2,(H,10,11);1H3. The molecule has 1 rings (SSSR count).